The molecular weight excluding hydrogens is 528 g/mol. The molecule has 0 spiro atoms. The van der Waals surface area contributed by atoms with E-state index in [1.807, 2.05) is 29.3 Å². The van der Waals surface area contributed by atoms with Gasteiger partial charge in [0.05, 0.1) is 25.9 Å². The van der Waals surface area contributed by atoms with Crippen molar-refractivity contribution < 1.29 is 27.8 Å². The Morgan fingerprint density at radius 2 is 1.95 bits per heavy atom. The van der Waals surface area contributed by atoms with E-state index in [1.54, 1.807) is 15.6 Å². The molecule has 3 aromatic rings. The van der Waals surface area contributed by atoms with Crippen LogP contribution in [0, 0.1) is 11.6 Å². The second-order valence-corrected chi connectivity index (χ2v) is 10.6. The number of halogens is 2. The van der Waals surface area contributed by atoms with Crippen LogP contribution in [0.3, 0.4) is 0 Å². The zero-order chi connectivity index (χ0) is 27.3. The third-order valence-electron chi connectivity index (χ3n) is 7.23. The predicted octanol–water partition coefficient (Wildman–Crippen LogP) is 3.63. The fourth-order valence-electron chi connectivity index (χ4n) is 5.41. The average molecular weight is 554 g/mol. The van der Waals surface area contributed by atoms with Gasteiger partial charge in [0.25, 0.3) is 5.91 Å². The van der Waals surface area contributed by atoms with Gasteiger partial charge >= 0.3 is 0 Å². The van der Waals surface area contributed by atoms with Gasteiger partial charge in [-0.1, -0.05) is 24.3 Å². The number of Topliss-reactive ketones (excluding diaryl/α,β-unsaturated/α-hetero) is 1. The summed E-state index contributed by atoms with van der Waals surface area (Å²) in [6, 6.07) is 11.0. The zero-order valence-corrected chi connectivity index (χ0v) is 21.9. The average Bonchev–Trinajstić information content (AvgIpc) is 3.09. The second-order valence-electron chi connectivity index (χ2n) is 9.60. The number of nitrogens with zero attached hydrogens (tertiary/aromatic N) is 3. The number of rotatable bonds is 5. The predicted molar refractivity (Wildman–Crippen MR) is 140 cm³/mol. The minimum Gasteiger partial charge on any atom is -0.487 e. The summed E-state index contributed by atoms with van der Waals surface area (Å²) in [5.41, 5.74) is 1.16. The number of ketones is 1. The van der Waals surface area contributed by atoms with Crippen LogP contribution in [0.2, 0.25) is 0 Å². The van der Waals surface area contributed by atoms with Gasteiger partial charge in [0.15, 0.2) is 23.1 Å². The summed E-state index contributed by atoms with van der Waals surface area (Å²) in [7, 11) is 0. The smallest absolute Gasteiger partial charge is 0.278 e. The third kappa shape index (κ3) is 4.29. The number of pyridine rings is 1. The summed E-state index contributed by atoms with van der Waals surface area (Å²) < 4.78 is 42.8. The molecule has 11 heteroatoms. The first-order valence-corrected chi connectivity index (χ1v) is 13.6. The Bertz CT molecular complexity index is 1540. The number of ether oxygens (including phenoxy) is 2. The van der Waals surface area contributed by atoms with E-state index >= 15 is 4.39 Å². The molecule has 0 saturated carbocycles. The molecular formula is C28H25F2N3O5S. The van der Waals surface area contributed by atoms with E-state index in [-0.39, 0.29) is 54.7 Å². The number of aromatic nitrogens is 1. The van der Waals surface area contributed by atoms with Crippen molar-refractivity contribution in [1.82, 2.24) is 9.58 Å². The summed E-state index contributed by atoms with van der Waals surface area (Å²) in [6.45, 7) is 2.11. The molecule has 4 heterocycles. The van der Waals surface area contributed by atoms with Crippen molar-refractivity contribution in [3.63, 3.8) is 0 Å². The molecule has 2 atom stereocenters. The van der Waals surface area contributed by atoms with Crippen LogP contribution in [0.1, 0.15) is 46.6 Å². The van der Waals surface area contributed by atoms with Crippen LogP contribution in [0.5, 0.6) is 5.75 Å². The van der Waals surface area contributed by atoms with Gasteiger partial charge in [-0.25, -0.2) is 8.78 Å². The molecule has 0 aliphatic carbocycles. The lowest BCUT2D eigenvalue weighted by Crippen LogP contribution is -2.66. The number of benzene rings is 2. The Balaban J connectivity index is 1.60. The minimum absolute atomic E-state index is 0.0164. The molecule has 3 aliphatic rings. The lowest BCUT2D eigenvalue weighted by Gasteiger charge is -2.51. The fourth-order valence-corrected chi connectivity index (χ4v) is 6.52. The Kier molecular flexibility index (Phi) is 6.64. The summed E-state index contributed by atoms with van der Waals surface area (Å²) >= 11 is 1.41. The number of carbonyl (C=O) groups excluding carboxylic acids is 2. The number of amides is 1. The first-order valence-electron chi connectivity index (χ1n) is 12.6. The van der Waals surface area contributed by atoms with Crippen molar-refractivity contribution >= 4 is 23.5 Å². The highest BCUT2D eigenvalue weighted by atomic mass is 32.2. The molecule has 0 N–H and O–H groups in total. The number of thioether (sulfide) groups is 1. The molecule has 1 saturated heterocycles. The molecule has 0 radical (unpaired) electrons. The minimum atomic E-state index is -0.930. The van der Waals surface area contributed by atoms with Crippen molar-refractivity contribution in [2.24, 2.45) is 0 Å². The summed E-state index contributed by atoms with van der Waals surface area (Å²) in [4.78, 5) is 40.8. The van der Waals surface area contributed by atoms with Crippen LogP contribution < -0.4 is 15.2 Å². The highest BCUT2D eigenvalue weighted by Crippen LogP contribution is 2.45. The maximum absolute atomic E-state index is 15.2. The third-order valence-corrected chi connectivity index (χ3v) is 8.35. The molecule has 39 heavy (non-hydrogen) atoms. The van der Waals surface area contributed by atoms with E-state index in [9.17, 15) is 18.8 Å². The van der Waals surface area contributed by atoms with E-state index in [4.69, 9.17) is 9.47 Å². The molecule has 202 valence electrons. The molecule has 6 rings (SSSR count). The molecule has 8 nitrogen and oxygen atoms in total. The number of carbonyl (C=O) groups is 2. The van der Waals surface area contributed by atoms with Gasteiger partial charge in [0, 0.05) is 41.4 Å². The van der Waals surface area contributed by atoms with Gasteiger partial charge in [-0.05, 0) is 30.2 Å². The maximum atomic E-state index is 15.2. The molecule has 2 aromatic carbocycles. The number of hydrogen-bond acceptors (Lipinski definition) is 7. The molecule has 1 fully saturated rings. The molecule has 0 unspecified atom stereocenters. The summed E-state index contributed by atoms with van der Waals surface area (Å²) in [6.07, 6.45) is 0.977. The first kappa shape index (κ1) is 25.6. The van der Waals surface area contributed by atoms with Gasteiger partial charge in [0.1, 0.15) is 11.9 Å². The molecule has 1 amide bonds. The highest BCUT2D eigenvalue weighted by Gasteiger charge is 2.46. The van der Waals surface area contributed by atoms with Crippen LogP contribution in [-0.4, -0.2) is 53.8 Å². The Morgan fingerprint density at radius 3 is 2.77 bits per heavy atom. The van der Waals surface area contributed by atoms with Crippen LogP contribution >= 0.6 is 11.8 Å². The molecule has 0 bridgehead atoms. The van der Waals surface area contributed by atoms with Crippen LogP contribution in [0.25, 0.3) is 0 Å². The topological polar surface area (TPSA) is 81.1 Å². The Morgan fingerprint density at radius 1 is 1.13 bits per heavy atom. The van der Waals surface area contributed by atoms with Crippen molar-refractivity contribution in [1.29, 1.82) is 0 Å². The van der Waals surface area contributed by atoms with E-state index in [0.717, 1.165) is 16.5 Å². The van der Waals surface area contributed by atoms with E-state index in [0.29, 0.717) is 12.2 Å². The van der Waals surface area contributed by atoms with Crippen LogP contribution in [0.15, 0.2) is 58.4 Å². The summed E-state index contributed by atoms with van der Waals surface area (Å²) in [5.74, 6) is -2.28. The van der Waals surface area contributed by atoms with Crippen molar-refractivity contribution in [3.8, 4) is 5.75 Å². The highest BCUT2D eigenvalue weighted by molar-refractivity contribution is 7.98. The number of hydrogen-bond donors (Lipinski definition) is 0. The zero-order valence-electron chi connectivity index (χ0n) is 21.1. The second kappa shape index (κ2) is 10.1. The van der Waals surface area contributed by atoms with Gasteiger partial charge in [-0.3, -0.25) is 24.1 Å². The maximum Gasteiger partial charge on any atom is 0.278 e. The lowest BCUT2D eigenvalue weighted by atomic mass is 9.93. The lowest BCUT2D eigenvalue weighted by molar-refractivity contribution is -0.117. The first-order chi connectivity index (χ1) is 18.9. The monoisotopic (exact) mass is 553 g/mol. The van der Waals surface area contributed by atoms with Crippen molar-refractivity contribution in [3.05, 3.63) is 92.9 Å². The van der Waals surface area contributed by atoms with Crippen molar-refractivity contribution in [2.75, 3.05) is 31.4 Å². The van der Waals surface area contributed by atoms with E-state index < -0.39 is 35.2 Å². The van der Waals surface area contributed by atoms with E-state index in [1.165, 1.54) is 30.9 Å². The molecule has 3 aliphatic heterocycles. The van der Waals surface area contributed by atoms with Crippen LogP contribution in [0.4, 0.5) is 8.78 Å². The fraction of sp³-hybridized carbons (Fsp3) is 0.321. The van der Waals surface area contributed by atoms with Crippen LogP contribution in [-0.2, 0) is 15.3 Å². The van der Waals surface area contributed by atoms with Gasteiger partial charge in [-0.15, -0.1) is 11.8 Å². The Hall–Kier alpha value is -3.70. The van der Waals surface area contributed by atoms with Crippen molar-refractivity contribution in [2.45, 2.75) is 36.2 Å². The SMILES string of the molecule is CC(=O)CCOc1c2n(ccc1=O)N([C@@H]1c3ccccc3SCc3c1ccc(F)c3F)[C@@H]1COCCN1C2=O. The van der Waals surface area contributed by atoms with Gasteiger partial charge < -0.3 is 14.4 Å². The largest absolute Gasteiger partial charge is 0.487 e. The molecule has 1 aromatic heterocycles. The van der Waals surface area contributed by atoms with Gasteiger partial charge in [-0.2, -0.15) is 0 Å². The van der Waals surface area contributed by atoms with E-state index in [2.05, 4.69) is 0 Å². The quantitative estimate of drug-likeness (QED) is 0.478. The Labute approximate surface area is 227 Å². The number of fused-ring (bicyclic) bond motifs is 4. The number of morpholine rings is 1. The normalized spacial score (nSPS) is 19.9. The van der Waals surface area contributed by atoms with Gasteiger partial charge in [0.2, 0.25) is 5.43 Å². The summed E-state index contributed by atoms with van der Waals surface area (Å²) in [5, 5.41) is 1.88. The standard InChI is InChI=1S/C28H25F2N3O5S/c1-16(34)9-12-38-27-21(35)8-10-32-26(27)28(36)31-11-13-37-14-23(31)33(32)25-17-6-7-20(29)24(30)19(17)15-39-22-5-3-2-4-18(22)25/h2-8,10,23,25H,9,11-15H2,1H3/t23-,25+/m1/s1.